The van der Waals surface area contributed by atoms with E-state index in [1.54, 1.807) is 6.07 Å². The van der Waals surface area contributed by atoms with Crippen LogP contribution in [0, 0.1) is 11.3 Å². The predicted molar refractivity (Wildman–Crippen MR) is 51.5 cm³/mol. The van der Waals surface area contributed by atoms with E-state index in [2.05, 4.69) is 9.72 Å². The van der Waals surface area contributed by atoms with Crippen LogP contribution in [0.2, 0.25) is 0 Å². The maximum Gasteiger partial charge on any atom is 0.574 e. The maximum absolute atomic E-state index is 11.9. The molecule has 0 aliphatic heterocycles. The van der Waals surface area contributed by atoms with Crippen molar-refractivity contribution >= 4 is 11.6 Å². The first-order valence-electron chi connectivity index (χ1n) is 4.27. The summed E-state index contributed by atoms with van der Waals surface area (Å²) in [4.78, 5) is 3.42. The normalized spacial score (nSPS) is 11.0. The third-order valence-corrected chi connectivity index (χ3v) is 2.00. The SMILES string of the molecule is N#CCc1cc(O)c(OC(F)(F)F)nc1CCl. The summed E-state index contributed by atoms with van der Waals surface area (Å²) >= 11 is 5.47. The summed E-state index contributed by atoms with van der Waals surface area (Å²) in [5.41, 5.74) is 0.319. The Hall–Kier alpha value is -1.68. The fourth-order valence-electron chi connectivity index (χ4n) is 1.10. The lowest BCUT2D eigenvalue weighted by atomic mass is 10.1. The lowest BCUT2D eigenvalue weighted by Gasteiger charge is -2.11. The first kappa shape index (κ1) is 13.4. The molecule has 1 aromatic rings. The van der Waals surface area contributed by atoms with Crippen molar-refractivity contribution in [1.82, 2.24) is 4.98 Å². The van der Waals surface area contributed by atoms with Crippen molar-refractivity contribution in [3.8, 4) is 17.7 Å². The van der Waals surface area contributed by atoms with Gasteiger partial charge >= 0.3 is 6.36 Å². The Morgan fingerprint density at radius 2 is 2.18 bits per heavy atom. The molecular weight excluding hydrogens is 261 g/mol. The number of nitrogens with zero attached hydrogens (tertiary/aromatic N) is 2. The molecule has 0 aliphatic rings. The van der Waals surface area contributed by atoms with Crippen molar-refractivity contribution in [2.45, 2.75) is 18.7 Å². The Morgan fingerprint density at radius 3 is 2.65 bits per heavy atom. The van der Waals surface area contributed by atoms with E-state index in [4.69, 9.17) is 16.9 Å². The molecule has 0 amide bonds. The third kappa shape index (κ3) is 3.67. The van der Waals surface area contributed by atoms with Crippen LogP contribution in [-0.4, -0.2) is 16.5 Å². The summed E-state index contributed by atoms with van der Waals surface area (Å²) < 4.78 is 39.3. The molecule has 1 aromatic heterocycles. The van der Waals surface area contributed by atoms with Crippen molar-refractivity contribution in [3.05, 3.63) is 17.3 Å². The molecule has 0 saturated carbocycles. The average molecular weight is 267 g/mol. The van der Waals surface area contributed by atoms with Gasteiger partial charge in [0.1, 0.15) is 0 Å². The van der Waals surface area contributed by atoms with Crippen molar-refractivity contribution in [2.75, 3.05) is 0 Å². The van der Waals surface area contributed by atoms with Crippen LogP contribution < -0.4 is 4.74 Å². The molecule has 0 fully saturated rings. The van der Waals surface area contributed by atoms with E-state index in [1.807, 2.05) is 0 Å². The third-order valence-electron chi connectivity index (χ3n) is 1.75. The largest absolute Gasteiger partial charge is 0.574 e. The summed E-state index contributed by atoms with van der Waals surface area (Å²) in [6.45, 7) is 0. The smallest absolute Gasteiger partial charge is 0.503 e. The van der Waals surface area contributed by atoms with Crippen LogP contribution in [0.25, 0.3) is 0 Å². The molecule has 0 aromatic carbocycles. The van der Waals surface area contributed by atoms with Gasteiger partial charge in [0.2, 0.25) is 0 Å². The molecule has 17 heavy (non-hydrogen) atoms. The molecule has 1 N–H and O–H groups in total. The average Bonchev–Trinajstić information content (AvgIpc) is 2.20. The van der Waals surface area contributed by atoms with Crippen molar-refractivity contribution in [2.24, 2.45) is 0 Å². The molecular formula is C9H6ClF3N2O2. The molecule has 1 heterocycles. The number of alkyl halides is 4. The number of aromatic nitrogens is 1. The Kier molecular flexibility index (Phi) is 4.02. The Balaban J connectivity index is 3.14. The van der Waals surface area contributed by atoms with Gasteiger partial charge in [0.15, 0.2) is 5.75 Å². The molecule has 8 heteroatoms. The van der Waals surface area contributed by atoms with E-state index in [-0.39, 0.29) is 23.6 Å². The second-order valence-electron chi connectivity index (χ2n) is 2.93. The van der Waals surface area contributed by atoms with Crippen LogP contribution in [0.1, 0.15) is 11.3 Å². The van der Waals surface area contributed by atoms with Crippen molar-refractivity contribution < 1.29 is 23.0 Å². The van der Waals surface area contributed by atoms with Crippen LogP contribution >= 0.6 is 11.6 Å². The summed E-state index contributed by atoms with van der Waals surface area (Å²) in [6.07, 6.45) is -5.07. The van der Waals surface area contributed by atoms with Gasteiger partial charge in [-0.25, -0.2) is 4.98 Å². The van der Waals surface area contributed by atoms with Gasteiger partial charge < -0.3 is 9.84 Å². The zero-order chi connectivity index (χ0) is 13.1. The van der Waals surface area contributed by atoms with Crippen molar-refractivity contribution in [3.63, 3.8) is 0 Å². The number of halogens is 4. The first-order chi connectivity index (χ1) is 7.87. The second-order valence-corrected chi connectivity index (χ2v) is 3.20. The van der Waals surface area contributed by atoms with E-state index in [0.717, 1.165) is 6.07 Å². The van der Waals surface area contributed by atoms with Gasteiger partial charge in [0, 0.05) is 0 Å². The quantitative estimate of drug-likeness (QED) is 0.854. The zero-order valence-corrected chi connectivity index (χ0v) is 9.01. The Labute approximate surface area is 99.2 Å². The highest BCUT2D eigenvalue weighted by atomic mass is 35.5. The minimum Gasteiger partial charge on any atom is -0.503 e. The number of nitriles is 1. The van der Waals surface area contributed by atoms with Crippen molar-refractivity contribution in [1.29, 1.82) is 5.26 Å². The number of hydrogen-bond acceptors (Lipinski definition) is 4. The van der Waals surface area contributed by atoms with E-state index in [1.165, 1.54) is 0 Å². The van der Waals surface area contributed by atoms with E-state index < -0.39 is 18.0 Å². The molecule has 92 valence electrons. The van der Waals surface area contributed by atoms with Gasteiger partial charge in [-0.3, -0.25) is 0 Å². The molecule has 0 spiro atoms. The van der Waals surface area contributed by atoms with Gasteiger partial charge in [0.05, 0.1) is 24.1 Å². The zero-order valence-electron chi connectivity index (χ0n) is 8.25. The first-order valence-corrected chi connectivity index (χ1v) is 4.81. The van der Waals surface area contributed by atoms with E-state index in [9.17, 15) is 18.3 Å². The van der Waals surface area contributed by atoms with Gasteiger partial charge in [-0.15, -0.1) is 24.8 Å². The number of pyridine rings is 1. The van der Waals surface area contributed by atoms with Gasteiger partial charge in [-0.05, 0) is 11.6 Å². The molecule has 1 rings (SSSR count). The summed E-state index contributed by atoms with van der Waals surface area (Å²) in [6, 6.07) is 2.76. The topological polar surface area (TPSA) is 66.1 Å². The van der Waals surface area contributed by atoms with Crippen LogP contribution in [0.15, 0.2) is 6.07 Å². The Morgan fingerprint density at radius 1 is 1.53 bits per heavy atom. The highest BCUT2D eigenvalue weighted by Crippen LogP contribution is 2.31. The van der Waals surface area contributed by atoms with E-state index >= 15 is 0 Å². The fraction of sp³-hybridized carbons (Fsp3) is 0.333. The predicted octanol–water partition coefficient (Wildman–Crippen LogP) is 2.49. The lowest BCUT2D eigenvalue weighted by molar-refractivity contribution is -0.276. The Bertz CT molecular complexity index is 457. The summed E-state index contributed by atoms with van der Waals surface area (Å²) in [7, 11) is 0. The molecule has 0 saturated heterocycles. The van der Waals surface area contributed by atoms with Crippen LogP contribution in [0.3, 0.4) is 0 Å². The maximum atomic E-state index is 11.9. The fourth-order valence-corrected chi connectivity index (χ4v) is 1.33. The standard InChI is InChI=1S/C9H6ClF3N2O2/c10-4-6-5(1-2-14)3-7(16)8(15-6)17-9(11,12)13/h3,16H,1,4H2. The molecule has 4 nitrogen and oxygen atoms in total. The molecule has 0 bridgehead atoms. The highest BCUT2D eigenvalue weighted by Gasteiger charge is 2.33. The van der Waals surface area contributed by atoms with Crippen LogP contribution in [0.4, 0.5) is 13.2 Å². The summed E-state index contributed by atoms with van der Waals surface area (Å²) in [5.74, 6) is -1.96. The number of aromatic hydroxyl groups is 1. The summed E-state index contributed by atoms with van der Waals surface area (Å²) in [5, 5.41) is 17.7. The van der Waals surface area contributed by atoms with Gasteiger partial charge in [0.25, 0.3) is 5.88 Å². The van der Waals surface area contributed by atoms with Crippen LogP contribution in [-0.2, 0) is 12.3 Å². The van der Waals surface area contributed by atoms with E-state index in [0.29, 0.717) is 0 Å². The number of rotatable bonds is 3. The monoisotopic (exact) mass is 266 g/mol. The minimum atomic E-state index is -4.95. The minimum absolute atomic E-state index is 0.0604. The molecule has 0 unspecified atom stereocenters. The molecule has 0 atom stereocenters. The second kappa shape index (κ2) is 5.10. The molecule has 0 aliphatic carbocycles. The lowest BCUT2D eigenvalue weighted by Crippen LogP contribution is -2.18. The van der Waals surface area contributed by atoms with Gasteiger partial charge in [-0.1, -0.05) is 0 Å². The number of ether oxygens (including phenoxy) is 1. The molecule has 0 radical (unpaired) electrons. The number of hydrogen-bond donors (Lipinski definition) is 1. The van der Waals surface area contributed by atoms with Gasteiger partial charge in [-0.2, -0.15) is 5.26 Å². The highest BCUT2D eigenvalue weighted by molar-refractivity contribution is 6.17. The van der Waals surface area contributed by atoms with Crippen LogP contribution in [0.5, 0.6) is 11.6 Å².